The molecule has 3 heteroatoms. The van der Waals surface area contributed by atoms with Crippen molar-refractivity contribution in [3.8, 4) is 0 Å². The van der Waals surface area contributed by atoms with Gasteiger partial charge < -0.3 is 0 Å². The van der Waals surface area contributed by atoms with E-state index >= 15 is 0 Å². The van der Waals surface area contributed by atoms with E-state index in [9.17, 15) is 4.79 Å². The van der Waals surface area contributed by atoms with Gasteiger partial charge in [-0.3, -0.25) is 9.48 Å². The lowest BCUT2D eigenvalue weighted by molar-refractivity contribution is -0.123. The van der Waals surface area contributed by atoms with E-state index in [0.29, 0.717) is 18.1 Å². The summed E-state index contributed by atoms with van der Waals surface area (Å²) in [6.07, 6.45) is 7.44. The van der Waals surface area contributed by atoms with Gasteiger partial charge in [0.25, 0.3) is 0 Å². The number of hydrogen-bond donors (Lipinski definition) is 0. The number of nitrogens with zero attached hydrogens (tertiary/aromatic N) is 2. The fourth-order valence-corrected chi connectivity index (χ4v) is 2.66. The van der Waals surface area contributed by atoms with Gasteiger partial charge in [-0.25, -0.2) is 0 Å². The normalized spacial score (nSPS) is 17.3. The van der Waals surface area contributed by atoms with Crippen LogP contribution in [0.15, 0.2) is 6.07 Å². The van der Waals surface area contributed by atoms with Crippen LogP contribution in [0.25, 0.3) is 0 Å². The molecule has 0 spiro atoms. The predicted octanol–water partition coefficient (Wildman–Crippen LogP) is 2.67. The van der Waals surface area contributed by atoms with Gasteiger partial charge in [0, 0.05) is 25.1 Å². The number of Topliss-reactive ketones (excluding diaryl/α,β-unsaturated/α-hetero) is 1. The van der Waals surface area contributed by atoms with Crippen molar-refractivity contribution in [2.24, 2.45) is 13.0 Å². The van der Waals surface area contributed by atoms with Crippen LogP contribution in [-0.2, 0) is 24.7 Å². The van der Waals surface area contributed by atoms with E-state index in [1.807, 2.05) is 11.7 Å². The second-order valence-electron chi connectivity index (χ2n) is 5.08. The minimum absolute atomic E-state index is 0.309. The average molecular weight is 234 g/mol. The van der Waals surface area contributed by atoms with E-state index in [0.717, 1.165) is 30.7 Å². The second-order valence-corrected chi connectivity index (χ2v) is 5.08. The average Bonchev–Trinajstić information content (AvgIpc) is 2.71. The largest absolute Gasteiger partial charge is 0.299 e. The first-order chi connectivity index (χ1) is 8.20. The Kier molecular flexibility index (Phi) is 3.97. The maximum atomic E-state index is 12.2. The number of ketones is 1. The molecule has 0 aromatic carbocycles. The van der Waals surface area contributed by atoms with Crippen LogP contribution in [0.1, 0.15) is 50.4 Å². The quantitative estimate of drug-likeness (QED) is 0.802. The minimum atomic E-state index is 0.309. The summed E-state index contributed by atoms with van der Waals surface area (Å²) in [6.45, 7) is 2.09. The van der Waals surface area contributed by atoms with Crippen molar-refractivity contribution in [3.05, 3.63) is 17.5 Å². The Morgan fingerprint density at radius 3 is 2.71 bits per heavy atom. The molecule has 0 aliphatic heterocycles. The zero-order valence-electron chi connectivity index (χ0n) is 10.9. The molecule has 1 aromatic heterocycles. The Morgan fingerprint density at radius 2 is 2.12 bits per heavy atom. The fourth-order valence-electron chi connectivity index (χ4n) is 2.66. The zero-order chi connectivity index (χ0) is 12.3. The van der Waals surface area contributed by atoms with E-state index in [4.69, 9.17) is 0 Å². The van der Waals surface area contributed by atoms with Crippen LogP contribution in [-0.4, -0.2) is 15.6 Å². The van der Waals surface area contributed by atoms with Crippen LogP contribution in [0.3, 0.4) is 0 Å². The highest BCUT2D eigenvalue weighted by Gasteiger charge is 2.22. The van der Waals surface area contributed by atoms with Gasteiger partial charge in [0.2, 0.25) is 0 Å². The Bertz CT molecular complexity index is 389. The second kappa shape index (κ2) is 5.48. The summed E-state index contributed by atoms with van der Waals surface area (Å²) in [6, 6.07) is 2.07. The minimum Gasteiger partial charge on any atom is -0.299 e. The molecule has 17 heavy (non-hydrogen) atoms. The van der Waals surface area contributed by atoms with Gasteiger partial charge in [0.05, 0.1) is 5.69 Å². The Balaban J connectivity index is 1.99. The van der Waals surface area contributed by atoms with Gasteiger partial charge in [-0.15, -0.1) is 0 Å². The van der Waals surface area contributed by atoms with Gasteiger partial charge in [0.1, 0.15) is 5.78 Å². The smallest absolute Gasteiger partial charge is 0.141 e. The molecule has 0 atom stereocenters. The van der Waals surface area contributed by atoms with E-state index < -0.39 is 0 Å². The van der Waals surface area contributed by atoms with Crippen molar-refractivity contribution >= 4 is 5.78 Å². The predicted molar refractivity (Wildman–Crippen MR) is 67.9 cm³/mol. The van der Waals surface area contributed by atoms with Gasteiger partial charge in [-0.1, -0.05) is 26.2 Å². The summed E-state index contributed by atoms with van der Waals surface area (Å²) in [4.78, 5) is 12.2. The topological polar surface area (TPSA) is 34.9 Å². The third-order valence-corrected chi connectivity index (χ3v) is 3.81. The highest BCUT2D eigenvalue weighted by atomic mass is 16.1. The molecule has 1 aliphatic rings. The lowest BCUT2D eigenvalue weighted by Crippen LogP contribution is -2.20. The maximum Gasteiger partial charge on any atom is 0.141 e. The van der Waals surface area contributed by atoms with Gasteiger partial charge >= 0.3 is 0 Å². The number of carbonyl (C=O) groups excluding carboxylic acids is 1. The highest BCUT2D eigenvalue weighted by Crippen LogP contribution is 2.25. The Hall–Kier alpha value is -1.12. The molecule has 0 radical (unpaired) electrons. The molecule has 0 amide bonds. The molecule has 1 heterocycles. The van der Waals surface area contributed by atoms with Crippen molar-refractivity contribution in [2.75, 3.05) is 0 Å². The van der Waals surface area contributed by atoms with Gasteiger partial charge in [0.15, 0.2) is 0 Å². The summed E-state index contributed by atoms with van der Waals surface area (Å²) < 4.78 is 1.86. The summed E-state index contributed by atoms with van der Waals surface area (Å²) in [5.74, 6) is 0.721. The number of rotatable bonds is 4. The Labute approximate surface area is 103 Å². The van der Waals surface area contributed by atoms with Gasteiger partial charge in [-0.05, 0) is 25.3 Å². The van der Waals surface area contributed by atoms with Gasteiger partial charge in [-0.2, -0.15) is 5.10 Å². The van der Waals surface area contributed by atoms with E-state index in [1.54, 1.807) is 0 Å². The molecular weight excluding hydrogens is 212 g/mol. The molecule has 0 bridgehead atoms. The number of aryl methyl sites for hydroxylation is 2. The van der Waals surface area contributed by atoms with Crippen LogP contribution in [0.2, 0.25) is 0 Å². The monoisotopic (exact) mass is 234 g/mol. The molecule has 2 rings (SSSR count). The lowest BCUT2D eigenvalue weighted by Gasteiger charge is -2.20. The summed E-state index contributed by atoms with van der Waals surface area (Å²) in [5.41, 5.74) is 2.15. The van der Waals surface area contributed by atoms with Crippen molar-refractivity contribution in [1.82, 2.24) is 9.78 Å². The van der Waals surface area contributed by atoms with Crippen LogP contribution >= 0.6 is 0 Å². The van der Waals surface area contributed by atoms with Crippen LogP contribution in [0.5, 0.6) is 0 Å². The lowest BCUT2D eigenvalue weighted by atomic mass is 9.85. The summed E-state index contributed by atoms with van der Waals surface area (Å²) in [5, 5.41) is 4.39. The molecule has 94 valence electrons. The maximum absolute atomic E-state index is 12.2. The number of carbonyl (C=O) groups is 1. The fraction of sp³-hybridized carbons (Fsp3) is 0.714. The molecule has 0 saturated heterocycles. The molecular formula is C14H22N2O. The molecule has 0 N–H and O–H groups in total. The third kappa shape index (κ3) is 2.96. The van der Waals surface area contributed by atoms with Crippen LogP contribution in [0.4, 0.5) is 0 Å². The standard InChI is InChI=1S/C14H22N2O/c1-3-12-9-13(16(2)15-12)10-14(17)11-7-5-4-6-8-11/h9,11H,3-8,10H2,1-2H3. The molecule has 1 fully saturated rings. The zero-order valence-corrected chi connectivity index (χ0v) is 10.9. The SMILES string of the molecule is CCc1cc(CC(=O)C2CCCCC2)n(C)n1. The first-order valence-corrected chi connectivity index (χ1v) is 6.75. The first kappa shape index (κ1) is 12.3. The molecule has 1 aliphatic carbocycles. The van der Waals surface area contributed by atoms with Crippen LogP contribution in [0, 0.1) is 5.92 Å². The highest BCUT2D eigenvalue weighted by molar-refractivity contribution is 5.83. The van der Waals surface area contributed by atoms with E-state index in [1.165, 1.54) is 19.3 Å². The van der Waals surface area contributed by atoms with Crippen LogP contribution < -0.4 is 0 Å². The van der Waals surface area contributed by atoms with Crippen molar-refractivity contribution in [2.45, 2.75) is 51.9 Å². The van der Waals surface area contributed by atoms with E-state index in [2.05, 4.69) is 18.1 Å². The number of hydrogen-bond acceptors (Lipinski definition) is 2. The molecule has 1 saturated carbocycles. The molecule has 3 nitrogen and oxygen atoms in total. The third-order valence-electron chi connectivity index (χ3n) is 3.81. The van der Waals surface area contributed by atoms with Crippen molar-refractivity contribution in [1.29, 1.82) is 0 Å². The number of aromatic nitrogens is 2. The van der Waals surface area contributed by atoms with Crippen molar-refractivity contribution in [3.63, 3.8) is 0 Å². The summed E-state index contributed by atoms with van der Waals surface area (Å²) >= 11 is 0. The Morgan fingerprint density at radius 1 is 1.41 bits per heavy atom. The molecule has 1 aromatic rings. The van der Waals surface area contributed by atoms with E-state index in [-0.39, 0.29) is 0 Å². The summed E-state index contributed by atoms with van der Waals surface area (Å²) in [7, 11) is 1.93. The van der Waals surface area contributed by atoms with Crippen molar-refractivity contribution < 1.29 is 4.79 Å². The first-order valence-electron chi connectivity index (χ1n) is 6.75. The molecule has 0 unspecified atom stereocenters.